The third-order valence-corrected chi connectivity index (χ3v) is 15.1. The standard InChI is InChI=1S/C60H120N4O4/c1-5-9-13-17-21-25-27-31-35-41-49-63(50-42-36-32-28-26-22-18-14-10-6-2)51-43-39-47-57-59(67)62-58(60(68)61-57)48-40-44-52-64(53-55(65)45-37-33-29-23-19-15-11-7-3)54-56(66)46-38-34-30-24-20-16-12-8-4/h55-58,65-66H,5-54H2,1-4H3,(H,61,68)(H,62,67)/t55-,56+,57-,58+/m1/s1. The summed E-state index contributed by atoms with van der Waals surface area (Å²) in [6, 6.07) is -0.915. The Hall–Kier alpha value is -1.22. The summed E-state index contributed by atoms with van der Waals surface area (Å²) in [5.41, 5.74) is 0. The maximum Gasteiger partial charge on any atom is 0.243 e. The number of amides is 2. The normalized spacial score (nSPS) is 16.2. The van der Waals surface area contributed by atoms with Crippen LogP contribution in [0.2, 0.25) is 0 Å². The highest BCUT2D eigenvalue weighted by molar-refractivity contribution is 5.96. The van der Waals surface area contributed by atoms with Gasteiger partial charge in [-0.25, -0.2) is 0 Å². The van der Waals surface area contributed by atoms with Crippen LogP contribution in [0.3, 0.4) is 0 Å². The SMILES string of the molecule is CCCCCCCCCCCCN(CCCCCCCCCCCC)CCCC[C@H]1NC(=O)[C@H](CCCCN(C[C@H](O)CCCCCCCCCC)C[C@@H](O)CCCCCCCCCC)NC1=O. The molecular weight excluding hydrogens is 841 g/mol. The Morgan fingerprint density at radius 3 is 0.868 bits per heavy atom. The summed E-state index contributed by atoms with van der Waals surface area (Å²) in [5.74, 6) is -0.0754. The van der Waals surface area contributed by atoms with Crippen molar-refractivity contribution in [2.24, 2.45) is 0 Å². The van der Waals surface area contributed by atoms with Crippen molar-refractivity contribution in [1.29, 1.82) is 0 Å². The fraction of sp³-hybridized carbons (Fsp3) is 0.967. The first-order valence-corrected chi connectivity index (χ1v) is 30.8. The molecule has 1 aliphatic heterocycles. The Kier molecular flexibility index (Phi) is 47.0. The van der Waals surface area contributed by atoms with Gasteiger partial charge in [-0.15, -0.1) is 0 Å². The maximum atomic E-state index is 13.3. The van der Waals surface area contributed by atoms with Gasteiger partial charge >= 0.3 is 0 Å². The van der Waals surface area contributed by atoms with Crippen molar-refractivity contribution in [2.75, 3.05) is 39.3 Å². The van der Waals surface area contributed by atoms with Crippen molar-refractivity contribution >= 4 is 11.8 Å². The van der Waals surface area contributed by atoms with E-state index in [0.29, 0.717) is 25.9 Å². The quantitative estimate of drug-likeness (QED) is 0.0453. The Balaban J connectivity index is 2.52. The van der Waals surface area contributed by atoms with Crippen LogP contribution in [0, 0.1) is 0 Å². The average molecular weight is 962 g/mol. The minimum absolute atomic E-state index is 0.0306. The van der Waals surface area contributed by atoms with E-state index in [1.807, 2.05) is 0 Å². The summed E-state index contributed by atoms with van der Waals surface area (Å²) in [4.78, 5) is 31.5. The molecule has 0 unspecified atom stereocenters. The van der Waals surface area contributed by atoms with E-state index in [9.17, 15) is 19.8 Å². The lowest BCUT2D eigenvalue weighted by Crippen LogP contribution is -2.61. The first-order valence-electron chi connectivity index (χ1n) is 30.8. The van der Waals surface area contributed by atoms with Gasteiger partial charge in [0.1, 0.15) is 12.1 Å². The molecule has 1 saturated heterocycles. The smallest absolute Gasteiger partial charge is 0.243 e. The zero-order valence-corrected chi connectivity index (χ0v) is 46.3. The van der Waals surface area contributed by atoms with Gasteiger partial charge in [-0.3, -0.25) is 14.5 Å². The molecule has 4 atom stereocenters. The summed E-state index contributed by atoms with van der Waals surface area (Å²) in [6.07, 6.45) is 53.4. The number of piperazine rings is 1. The predicted molar refractivity (Wildman–Crippen MR) is 295 cm³/mol. The third kappa shape index (κ3) is 40.4. The van der Waals surface area contributed by atoms with Gasteiger partial charge < -0.3 is 25.7 Å². The fourth-order valence-electron chi connectivity index (χ4n) is 10.5. The number of rotatable bonds is 54. The lowest BCUT2D eigenvalue weighted by molar-refractivity contribution is -0.137. The number of nitrogens with zero attached hydrogens (tertiary/aromatic N) is 2. The third-order valence-electron chi connectivity index (χ3n) is 15.1. The van der Waals surface area contributed by atoms with E-state index in [0.717, 1.165) is 64.5 Å². The minimum Gasteiger partial charge on any atom is -0.392 e. The first-order chi connectivity index (χ1) is 33.3. The van der Waals surface area contributed by atoms with Crippen molar-refractivity contribution < 1.29 is 19.8 Å². The van der Waals surface area contributed by atoms with Crippen LogP contribution in [0.5, 0.6) is 0 Å². The van der Waals surface area contributed by atoms with E-state index < -0.39 is 12.1 Å². The van der Waals surface area contributed by atoms with E-state index >= 15 is 0 Å². The predicted octanol–water partition coefficient (Wildman–Crippen LogP) is 15.5. The van der Waals surface area contributed by atoms with Gasteiger partial charge in [0.15, 0.2) is 0 Å². The molecule has 8 heteroatoms. The van der Waals surface area contributed by atoms with Crippen LogP contribution in [0.25, 0.3) is 0 Å². The second kappa shape index (κ2) is 49.4. The van der Waals surface area contributed by atoms with Gasteiger partial charge in [0.2, 0.25) is 11.8 Å². The Labute approximate surface area is 424 Å². The van der Waals surface area contributed by atoms with Gasteiger partial charge in [0, 0.05) is 13.1 Å². The van der Waals surface area contributed by atoms with E-state index in [1.165, 1.54) is 231 Å². The Morgan fingerprint density at radius 2 is 0.574 bits per heavy atom. The van der Waals surface area contributed by atoms with Crippen LogP contribution in [-0.2, 0) is 9.59 Å². The number of hydrogen-bond donors (Lipinski definition) is 4. The van der Waals surface area contributed by atoms with E-state index in [4.69, 9.17) is 0 Å². The van der Waals surface area contributed by atoms with Crippen LogP contribution < -0.4 is 10.6 Å². The molecule has 0 saturated carbocycles. The Bertz CT molecular complexity index is 1030. The van der Waals surface area contributed by atoms with Crippen LogP contribution >= 0.6 is 0 Å². The second-order valence-corrected chi connectivity index (χ2v) is 21.9. The largest absolute Gasteiger partial charge is 0.392 e. The van der Waals surface area contributed by atoms with Gasteiger partial charge in [0.05, 0.1) is 12.2 Å². The molecule has 0 aromatic rings. The summed E-state index contributed by atoms with van der Waals surface area (Å²) in [7, 11) is 0. The van der Waals surface area contributed by atoms with Crippen molar-refractivity contribution in [2.45, 2.75) is 335 Å². The molecule has 0 aromatic heterocycles. The first kappa shape index (κ1) is 64.8. The number of carbonyl (C=O) groups is 2. The molecule has 0 spiro atoms. The number of aliphatic hydroxyl groups is 2. The molecule has 0 aromatic carbocycles. The number of hydrogen-bond acceptors (Lipinski definition) is 6. The molecule has 1 aliphatic rings. The topological polar surface area (TPSA) is 105 Å². The zero-order valence-electron chi connectivity index (χ0n) is 46.3. The molecule has 1 rings (SSSR count). The highest BCUT2D eigenvalue weighted by Gasteiger charge is 2.32. The lowest BCUT2D eigenvalue weighted by Gasteiger charge is -2.30. The molecule has 68 heavy (non-hydrogen) atoms. The van der Waals surface area contributed by atoms with Crippen molar-refractivity contribution in [3.8, 4) is 0 Å². The van der Waals surface area contributed by atoms with E-state index in [1.54, 1.807) is 0 Å². The van der Waals surface area contributed by atoms with Crippen LogP contribution in [0.15, 0.2) is 0 Å². The molecule has 0 radical (unpaired) electrons. The molecule has 8 nitrogen and oxygen atoms in total. The molecule has 404 valence electrons. The molecule has 0 aliphatic carbocycles. The molecule has 4 N–H and O–H groups in total. The summed E-state index contributed by atoms with van der Waals surface area (Å²) >= 11 is 0. The summed E-state index contributed by atoms with van der Waals surface area (Å²) < 4.78 is 0. The molecule has 1 fully saturated rings. The number of nitrogens with one attached hydrogen (secondary N) is 2. The van der Waals surface area contributed by atoms with Gasteiger partial charge in [-0.05, 0) is 90.4 Å². The summed E-state index contributed by atoms with van der Waals surface area (Å²) in [6.45, 7) is 14.5. The molecule has 1 heterocycles. The highest BCUT2D eigenvalue weighted by atomic mass is 16.3. The van der Waals surface area contributed by atoms with Gasteiger partial charge in [0.25, 0.3) is 0 Å². The second-order valence-electron chi connectivity index (χ2n) is 21.9. The lowest BCUT2D eigenvalue weighted by atomic mass is 10.0. The molecule has 0 bridgehead atoms. The molecular formula is C60H120N4O4. The van der Waals surface area contributed by atoms with Gasteiger partial charge in [-0.2, -0.15) is 0 Å². The van der Waals surface area contributed by atoms with Crippen LogP contribution in [0.1, 0.15) is 310 Å². The van der Waals surface area contributed by atoms with Crippen molar-refractivity contribution in [3.05, 3.63) is 0 Å². The molecule has 2 amide bonds. The highest BCUT2D eigenvalue weighted by Crippen LogP contribution is 2.18. The van der Waals surface area contributed by atoms with E-state index in [-0.39, 0.29) is 24.0 Å². The van der Waals surface area contributed by atoms with E-state index in [2.05, 4.69) is 48.1 Å². The number of aliphatic hydroxyl groups excluding tert-OH is 2. The average Bonchev–Trinajstić information content (AvgIpc) is 3.32. The maximum absolute atomic E-state index is 13.3. The Morgan fingerprint density at radius 1 is 0.338 bits per heavy atom. The van der Waals surface area contributed by atoms with Crippen LogP contribution in [0.4, 0.5) is 0 Å². The zero-order chi connectivity index (χ0) is 49.4. The summed E-state index contributed by atoms with van der Waals surface area (Å²) in [5, 5.41) is 28.3. The minimum atomic E-state index is -0.482. The van der Waals surface area contributed by atoms with Crippen LogP contribution in [-0.4, -0.2) is 95.4 Å². The number of unbranched alkanes of at least 4 members (excludes halogenated alkanes) is 34. The van der Waals surface area contributed by atoms with Crippen molar-refractivity contribution in [3.63, 3.8) is 0 Å². The monoisotopic (exact) mass is 961 g/mol. The van der Waals surface area contributed by atoms with Gasteiger partial charge in [-0.1, -0.05) is 246 Å². The fourth-order valence-corrected chi connectivity index (χ4v) is 10.5. The van der Waals surface area contributed by atoms with Crippen molar-refractivity contribution in [1.82, 2.24) is 20.4 Å². The number of carbonyl (C=O) groups excluding carboxylic acids is 2.